The Morgan fingerprint density at radius 1 is 1.44 bits per heavy atom. The molecule has 0 aliphatic carbocycles. The number of aryl methyl sites for hydroxylation is 1. The van der Waals surface area contributed by atoms with E-state index in [0.29, 0.717) is 12.0 Å². The van der Waals surface area contributed by atoms with Gasteiger partial charge in [-0.25, -0.2) is 0 Å². The molecule has 1 aliphatic heterocycles. The fraction of sp³-hybridized carbons (Fsp3) is 0.786. The molecule has 1 aromatic heterocycles. The van der Waals surface area contributed by atoms with Crippen molar-refractivity contribution in [2.24, 2.45) is 5.92 Å². The highest BCUT2D eigenvalue weighted by Gasteiger charge is 2.32. The van der Waals surface area contributed by atoms with Crippen molar-refractivity contribution in [3.63, 3.8) is 0 Å². The summed E-state index contributed by atoms with van der Waals surface area (Å²) < 4.78 is 2.14. The number of nitrogens with zero attached hydrogens (tertiary/aromatic N) is 3. The Bertz CT molecular complexity index is 360. The molecule has 4 nitrogen and oxygen atoms in total. The van der Waals surface area contributed by atoms with Gasteiger partial charge >= 0.3 is 0 Å². The van der Waals surface area contributed by atoms with Crippen LogP contribution in [0.2, 0.25) is 0 Å². The van der Waals surface area contributed by atoms with Gasteiger partial charge in [0.2, 0.25) is 0 Å². The van der Waals surface area contributed by atoms with Gasteiger partial charge in [-0.1, -0.05) is 6.92 Å². The molecule has 2 heterocycles. The van der Waals surface area contributed by atoms with Crippen molar-refractivity contribution in [2.75, 3.05) is 26.7 Å². The van der Waals surface area contributed by atoms with E-state index in [4.69, 9.17) is 0 Å². The summed E-state index contributed by atoms with van der Waals surface area (Å²) in [6.07, 6.45) is 4.56. The molecule has 0 saturated carbocycles. The summed E-state index contributed by atoms with van der Waals surface area (Å²) in [5, 5.41) is 7.94. The molecule has 0 amide bonds. The van der Waals surface area contributed by atoms with Crippen molar-refractivity contribution in [1.82, 2.24) is 20.0 Å². The summed E-state index contributed by atoms with van der Waals surface area (Å²) in [6, 6.07) is 2.70. The van der Waals surface area contributed by atoms with Gasteiger partial charge in [-0.2, -0.15) is 5.10 Å². The molecule has 1 aromatic rings. The van der Waals surface area contributed by atoms with Crippen molar-refractivity contribution < 1.29 is 0 Å². The molecular weight excluding hydrogens is 224 g/mol. The molecule has 2 atom stereocenters. The van der Waals surface area contributed by atoms with Crippen LogP contribution in [0.25, 0.3) is 0 Å². The molecule has 2 rings (SSSR count). The van der Waals surface area contributed by atoms with Crippen molar-refractivity contribution in [2.45, 2.75) is 39.3 Å². The van der Waals surface area contributed by atoms with Crippen LogP contribution in [-0.2, 0) is 6.54 Å². The summed E-state index contributed by atoms with van der Waals surface area (Å²) in [4.78, 5) is 2.49. The highest BCUT2D eigenvalue weighted by molar-refractivity contribution is 5.10. The van der Waals surface area contributed by atoms with Crippen LogP contribution < -0.4 is 5.32 Å². The summed E-state index contributed by atoms with van der Waals surface area (Å²) in [6.45, 7) is 8.67. The minimum absolute atomic E-state index is 0.514. The van der Waals surface area contributed by atoms with Crippen LogP contribution in [0.4, 0.5) is 0 Å². The van der Waals surface area contributed by atoms with Crippen molar-refractivity contribution >= 4 is 0 Å². The Morgan fingerprint density at radius 3 is 3.00 bits per heavy atom. The monoisotopic (exact) mass is 250 g/mol. The van der Waals surface area contributed by atoms with Crippen LogP contribution in [0.5, 0.6) is 0 Å². The number of piperidine rings is 1. The predicted octanol–water partition coefficient (Wildman–Crippen LogP) is 1.90. The first-order valence-electron chi connectivity index (χ1n) is 7.20. The first-order valence-corrected chi connectivity index (χ1v) is 7.20. The second-order valence-corrected chi connectivity index (χ2v) is 5.21. The molecule has 2 unspecified atom stereocenters. The zero-order valence-corrected chi connectivity index (χ0v) is 11.9. The maximum absolute atomic E-state index is 4.43. The van der Waals surface area contributed by atoms with Crippen LogP contribution in [0, 0.1) is 5.92 Å². The molecule has 1 saturated heterocycles. The van der Waals surface area contributed by atoms with E-state index in [0.717, 1.165) is 19.6 Å². The molecule has 1 fully saturated rings. The molecule has 0 bridgehead atoms. The molecule has 0 aromatic carbocycles. The Balaban J connectivity index is 2.18. The van der Waals surface area contributed by atoms with Crippen LogP contribution in [0.15, 0.2) is 12.3 Å². The van der Waals surface area contributed by atoms with Gasteiger partial charge in [0.15, 0.2) is 0 Å². The van der Waals surface area contributed by atoms with E-state index < -0.39 is 0 Å². The van der Waals surface area contributed by atoms with Crippen molar-refractivity contribution in [3.8, 4) is 0 Å². The van der Waals surface area contributed by atoms with Gasteiger partial charge < -0.3 is 5.32 Å². The zero-order chi connectivity index (χ0) is 13.0. The Hall–Kier alpha value is -0.870. The van der Waals surface area contributed by atoms with Gasteiger partial charge in [0.05, 0.1) is 11.7 Å². The fourth-order valence-electron chi connectivity index (χ4n) is 3.13. The molecular formula is C14H26N4. The largest absolute Gasteiger partial charge is 0.317 e. The second-order valence-electron chi connectivity index (χ2n) is 5.21. The average Bonchev–Trinajstić information content (AvgIpc) is 2.84. The highest BCUT2D eigenvalue weighted by atomic mass is 15.3. The molecule has 1 N–H and O–H groups in total. The van der Waals surface area contributed by atoms with Crippen LogP contribution in [0.3, 0.4) is 0 Å². The molecule has 0 spiro atoms. The Morgan fingerprint density at radius 2 is 2.28 bits per heavy atom. The van der Waals surface area contributed by atoms with E-state index >= 15 is 0 Å². The molecule has 4 heteroatoms. The van der Waals surface area contributed by atoms with Crippen molar-refractivity contribution in [3.05, 3.63) is 18.0 Å². The third-order valence-electron chi connectivity index (χ3n) is 4.02. The number of likely N-dealkylation sites (tertiary alicyclic amines) is 1. The molecule has 102 valence electrons. The lowest BCUT2D eigenvalue weighted by atomic mass is 9.87. The first-order chi connectivity index (χ1) is 8.77. The molecule has 18 heavy (non-hydrogen) atoms. The van der Waals surface area contributed by atoms with Crippen LogP contribution in [0.1, 0.15) is 38.4 Å². The van der Waals surface area contributed by atoms with Gasteiger partial charge in [0.25, 0.3) is 0 Å². The number of rotatable bonds is 5. The van der Waals surface area contributed by atoms with E-state index in [-0.39, 0.29) is 0 Å². The summed E-state index contributed by atoms with van der Waals surface area (Å²) in [7, 11) is 2.25. The van der Waals surface area contributed by atoms with Crippen LogP contribution in [-0.4, -0.2) is 41.4 Å². The predicted molar refractivity (Wildman–Crippen MR) is 74.5 cm³/mol. The van der Waals surface area contributed by atoms with Crippen LogP contribution >= 0.6 is 0 Å². The maximum atomic E-state index is 4.43. The second kappa shape index (κ2) is 6.34. The lowest BCUT2D eigenvalue weighted by Crippen LogP contribution is -2.41. The van der Waals surface area contributed by atoms with E-state index in [1.54, 1.807) is 0 Å². The number of hydrogen-bond donors (Lipinski definition) is 1. The van der Waals surface area contributed by atoms with E-state index in [1.807, 2.05) is 6.20 Å². The fourth-order valence-corrected chi connectivity index (χ4v) is 3.13. The van der Waals surface area contributed by atoms with Gasteiger partial charge in [-0.3, -0.25) is 9.58 Å². The Kier molecular flexibility index (Phi) is 4.78. The third-order valence-corrected chi connectivity index (χ3v) is 4.02. The molecule has 0 radical (unpaired) electrons. The first kappa shape index (κ1) is 13.6. The lowest BCUT2D eigenvalue weighted by Gasteiger charge is -2.39. The van der Waals surface area contributed by atoms with Gasteiger partial charge in [-0.05, 0) is 58.4 Å². The maximum Gasteiger partial charge on any atom is 0.0558 e. The SMILES string of the molecule is CCNCC1CCCN(C)C1c1ccnn1CC. The Labute approximate surface area is 110 Å². The number of aromatic nitrogens is 2. The third kappa shape index (κ3) is 2.75. The lowest BCUT2D eigenvalue weighted by molar-refractivity contribution is 0.112. The summed E-state index contributed by atoms with van der Waals surface area (Å²) in [5.74, 6) is 0.700. The minimum Gasteiger partial charge on any atom is -0.317 e. The minimum atomic E-state index is 0.514. The standard InChI is InChI=1S/C14H26N4/c1-4-15-11-12-7-6-10-17(3)14(12)13-8-9-16-18(13)5-2/h8-9,12,14-15H,4-7,10-11H2,1-3H3. The van der Waals surface area contributed by atoms with E-state index in [2.05, 4.69) is 47.0 Å². The summed E-state index contributed by atoms with van der Waals surface area (Å²) in [5.41, 5.74) is 1.38. The highest BCUT2D eigenvalue weighted by Crippen LogP contribution is 2.34. The van der Waals surface area contributed by atoms with E-state index in [1.165, 1.54) is 25.1 Å². The normalized spacial score (nSPS) is 25.5. The topological polar surface area (TPSA) is 33.1 Å². The van der Waals surface area contributed by atoms with E-state index in [9.17, 15) is 0 Å². The molecule has 1 aliphatic rings. The smallest absolute Gasteiger partial charge is 0.0558 e. The van der Waals surface area contributed by atoms with Gasteiger partial charge in [-0.15, -0.1) is 0 Å². The number of hydrogen-bond acceptors (Lipinski definition) is 3. The average molecular weight is 250 g/mol. The van der Waals surface area contributed by atoms with Gasteiger partial charge in [0.1, 0.15) is 0 Å². The summed E-state index contributed by atoms with van der Waals surface area (Å²) >= 11 is 0. The zero-order valence-electron chi connectivity index (χ0n) is 11.9. The number of nitrogens with one attached hydrogen (secondary N) is 1. The van der Waals surface area contributed by atoms with Crippen molar-refractivity contribution in [1.29, 1.82) is 0 Å². The van der Waals surface area contributed by atoms with Gasteiger partial charge in [0, 0.05) is 12.7 Å². The quantitative estimate of drug-likeness (QED) is 0.866.